The number of methoxy groups -OCH3 is 2. The predicted octanol–water partition coefficient (Wildman–Crippen LogP) is 2.07. The zero-order valence-electron chi connectivity index (χ0n) is 18.6. The first-order chi connectivity index (χ1) is 14.7. The van der Waals surface area contributed by atoms with Gasteiger partial charge in [-0.1, -0.05) is 6.07 Å². The Kier molecular flexibility index (Phi) is 5.37. The van der Waals surface area contributed by atoms with Crippen molar-refractivity contribution in [3.63, 3.8) is 0 Å². The van der Waals surface area contributed by atoms with Crippen molar-refractivity contribution in [3.8, 4) is 11.5 Å². The number of carbonyl (C=O) groups excluding carboxylic acids is 2. The Morgan fingerprint density at radius 2 is 1.84 bits per heavy atom. The maximum absolute atomic E-state index is 11.9. The highest BCUT2D eigenvalue weighted by atomic mass is 16.6. The zero-order valence-corrected chi connectivity index (χ0v) is 18.6. The van der Waals surface area contributed by atoms with Crippen LogP contribution in [0.1, 0.15) is 37.8 Å². The summed E-state index contributed by atoms with van der Waals surface area (Å²) in [6.07, 6.45) is 0.183. The number of nitrogens with zero attached hydrogens (tertiary/aromatic N) is 1. The molecule has 0 saturated carbocycles. The van der Waals surface area contributed by atoms with Gasteiger partial charge in [-0.15, -0.1) is 0 Å². The number of phenolic OH excluding ortho intramolecular Hbond substituents is 1. The number of hydrogen-bond acceptors (Lipinski definition) is 8. The molecular weight excluding hydrogens is 402 g/mol. The molecule has 4 rings (SSSR count). The van der Waals surface area contributed by atoms with Crippen molar-refractivity contribution in [2.75, 3.05) is 27.8 Å². The highest BCUT2D eigenvalue weighted by molar-refractivity contribution is 5.69. The number of benzene rings is 1. The van der Waals surface area contributed by atoms with Crippen LogP contribution in [-0.2, 0) is 35.6 Å². The monoisotopic (exact) mass is 431 g/mol. The molecule has 0 radical (unpaired) electrons. The smallest absolute Gasteiger partial charge is 0.303 e. The molecule has 2 bridgehead atoms. The number of rotatable bonds is 4. The van der Waals surface area contributed by atoms with Crippen molar-refractivity contribution in [2.45, 2.75) is 56.8 Å². The second kappa shape index (κ2) is 7.75. The molecule has 0 aromatic heterocycles. The van der Waals surface area contributed by atoms with Gasteiger partial charge in [0.05, 0.1) is 14.2 Å². The number of fused-ring (bicyclic) bond motifs is 1. The molecule has 1 aromatic carbocycles. The minimum atomic E-state index is -0.835. The standard InChI is InChI=1S/C23H29NO7/c1-12(25)30-17-11-23-8-9-24(3)15(19(23)22(29-5)21(17)31-13(2)26)10-14-6-7-16(28-4)20(27)18(14)23/h6-7,15,17,21,27H,8-11H2,1-5H3. The largest absolute Gasteiger partial charge is 0.504 e. The Morgan fingerprint density at radius 1 is 1.13 bits per heavy atom. The van der Waals surface area contributed by atoms with Gasteiger partial charge >= 0.3 is 11.9 Å². The number of esters is 2. The van der Waals surface area contributed by atoms with E-state index < -0.39 is 29.6 Å². The third-order valence-corrected chi connectivity index (χ3v) is 6.85. The quantitative estimate of drug-likeness (QED) is 0.724. The van der Waals surface area contributed by atoms with E-state index in [-0.39, 0.29) is 11.8 Å². The van der Waals surface area contributed by atoms with E-state index in [2.05, 4.69) is 11.9 Å². The summed E-state index contributed by atoms with van der Waals surface area (Å²) >= 11 is 0. The lowest BCUT2D eigenvalue weighted by Gasteiger charge is -2.56. The van der Waals surface area contributed by atoms with E-state index in [1.807, 2.05) is 6.07 Å². The van der Waals surface area contributed by atoms with Crippen molar-refractivity contribution in [1.82, 2.24) is 4.90 Å². The Labute approximate surface area is 181 Å². The van der Waals surface area contributed by atoms with Crippen molar-refractivity contribution >= 4 is 11.9 Å². The number of likely N-dealkylation sites (N-methyl/N-ethyl adjacent to an activating group) is 1. The fraction of sp³-hybridized carbons (Fsp3) is 0.565. The minimum Gasteiger partial charge on any atom is -0.504 e. The summed E-state index contributed by atoms with van der Waals surface area (Å²) in [7, 11) is 5.12. The summed E-state index contributed by atoms with van der Waals surface area (Å²) in [6.45, 7) is 3.46. The summed E-state index contributed by atoms with van der Waals surface area (Å²) in [6, 6.07) is 3.78. The number of piperidine rings is 1. The summed E-state index contributed by atoms with van der Waals surface area (Å²) in [4.78, 5) is 26.1. The molecule has 2 aliphatic carbocycles. The molecule has 1 aromatic rings. The number of aromatic hydroxyl groups is 1. The van der Waals surface area contributed by atoms with Crippen LogP contribution < -0.4 is 4.74 Å². The summed E-state index contributed by atoms with van der Waals surface area (Å²) in [5.41, 5.74) is 2.18. The normalized spacial score (nSPS) is 29.5. The average Bonchev–Trinajstić information content (AvgIpc) is 2.70. The van der Waals surface area contributed by atoms with E-state index in [4.69, 9.17) is 18.9 Å². The third-order valence-electron chi connectivity index (χ3n) is 6.85. The minimum absolute atomic E-state index is 0.0142. The maximum atomic E-state index is 11.9. The van der Waals surface area contributed by atoms with Crippen LogP contribution in [0.2, 0.25) is 0 Å². The highest BCUT2D eigenvalue weighted by Gasteiger charge is 2.59. The second-order valence-corrected chi connectivity index (χ2v) is 8.55. The fourth-order valence-electron chi connectivity index (χ4n) is 5.74. The van der Waals surface area contributed by atoms with Crippen LogP contribution >= 0.6 is 0 Å². The molecule has 4 unspecified atom stereocenters. The number of carbonyl (C=O) groups is 2. The molecule has 0 amide bonds. The maximum Gasteiger partial charge on any atom is 0.303 e. The van der Waals surface area contributed by atoms with Gasteiger partial charge in [0.25, 0.3) is 0 Å². The van der Waals surface area contributed by atoms with Gasteiger partial charge in [0, 0.05) is 37.3 Å². The summed E-state index contributed by atoms with van der Waals surface area (Å²) < 4.78 is 22.5. The van der Waals surface area contributed by atoms with Gasteiger partial charge < -0.3 is 24.1 Å². The van der Waals surface area contributed by atoms with Gasteiger partial charge in [-0.3, -0.25) is 14.5 Å². The Bertz CT molecular complexity index is 955. The topological polar surface area (TPSA) is 94.5 Å². The van der Waals surface area contributed by atoms with Crippen LogP contribution in [0.15, 0.2) is 23.5 Å². The van der Waals surface area contributed by atoms with Crippen LogP contribution in [0.5, 0.6) is 11.5 Å². The average molecular weight is 431 g/mol. The molecule has 0 spiro atoms. The van der Waals surface area contributed by atoms with Gasteiger partial charge in [-0.05, 0) is 43.6 Å². The first-order valence-electron chi connectivity index (χ1n) is 10.5. The van der Waals surface area contributed by atoms with E-state index in [1.54, 1.807) is 13.2 Å². The van der Waals surface area contributed by atoms with E-state index >= 15 is 0 Å². The van der Waals surface area contributed by atoms with E-state index in [1.165, 1.54) is 21.0 Å². The van der Waals surface area contributed by atoms with Crippen LogP contribution in [0.25, 0.3) is 0 Å². The van der Waals surface area contributed by atoms with Crippen molar-refractivity contribution in [3.05, 3.63) is 34.6 Å². The Balaban J connectivity index is 2.01. The Morgan fingerprint density at radius 3 is 2.45 bits per heavy atom. The molecule has 168 valence electrons. The number of likely N-dealkylation sites (tertiary alicyclic amines) is 1. The molecule has 8 nitrogen and oxygen atoms in total. The molecule has 1 aliphatic heterocycles. The van der Waals surface area contributed by atoms with Crippen LogP contribution in [-0.4, -0.2) is 68.0 Å². The molecule has 4 atom stereocenters. The van der Waals surface area contributed by atoms with Gasteiger partial charge in [-0.2, -0.15) is 0 Å². The summed E-state index contributed by atoms with van der Waals surface area (Å²) in [5, 5.41) is 11.2. The van der Waals surface area contributed by atoms with Crippen LogP contribution in [0.3, 0.4) is 0 Å². The van der Waals surface area contributed by atoms with Crippen LogP contribution in [0.4, 0.5) is 0 Å². The molecule has 1 heterocycles. The van der Waals surface area contributed by atoms with E-state index in [0.29, 0.717) is 30.8 Å². The van der Waals surface area contributed by atoms with Gasteiger partial charge in [0.2, 0.25) is 0 Å². The number of hydrogen-bond donors (Lipinski definition) is 1. The molecule has 8 heteroatoms. The van der Waals surface area contributed by atoms with Crippen molar-refractivity contribution in [2.24, 2.45) is 0 Å². The van der Waals surface area contributed by atoms with Crippen molar-refractivity contribution < 1.29 is 33.6 Å². The number of phenols is 1. The molecule has 1 saturated heterocycles. The first-order valence-corrected chi connectivity index (χ1v) is 10.5. The predicted molar refractivity (Wildman–Crippen MR) is 111 cm³/mol. The summed E-state index contributed by atoms with van der Waals surface area (Å²) in [5.74, 6) is 0.0517. The highest BCUT2D eigenvalue weighted by Crippen LogP contribution is 2.59. The fourth-order valence-corrected chi connectivity index (χ4v) is 5.74. The van der Waals surface area contributed by atoms with Crippen molar-refractivity contribution in [1.29, 1.82) is 0 Å². The van der Waals surface area contributed by atoms with Gasteiger partial charge in [-0.25, -0.2) is 0 Å². The second-order valence-electron chi connectivity index (χ2n) is 8.55. The SMILES string of the molecule is COC1=C2C3Cc4ccc(OC)c(O)c4C2(CCN3C)CC(OC(C)=O)C1OC(C)=O. The van der Waals surface area contributed by atoms with E-state index in [9.17, 15) is 14.7 Å². The zero-order chi connectivity index (χ0) is 22.5. The van der Waals surface area contributed by atoms with Gasteiger partial charge in [0.15, 0.2) is 17.6 Å². The Hall–Kier alpha value is -2.74. The molecule has 3 aliphatic rings. The lowest BCUT2D eigenvalue weighted by molar-refractivity contribution is -0.169. The van der Waals surface area contributed by atoms with Gasteiger partial charge in [0.1, 0.15) is 11.9 Å². The third kappa shape index (κ3) is 3.24. The first kappa shape index (κ1) is 21.5. The molecular formula is C23H29NO7. The number of ether oxygens (including phenoxy) is 4. The lowest BCUT2D eigenvalue weighted by atomic mass is 9.55. The van der Waals surface area contributed by atoms with E-state index in [0.717, 1.165) is 23.2 Å². The lowest BCUT2D eigenvalue weighted by Crippen LogP contribution is -2.60. The molecule has 1 N–H and O–H groups in total. The molecule has 1 fully saturated rings. The molecule has 31 heavy (non-hydrogen) atoms. The van der Waals surface area contributed by atoms with Crippen LogP contribution in [0, 0.1) is 0 Å².